The Morgan fingerprint density at radius 1 is 0.846 bits per heavy atom. The number of thioether (sulfide) groups is 1. The zero-order valence-corrected chi connectivity index (χ0v) is 49.9. The number of carbonyl (C=O) groups excluding carboxylic acids is 3. The first-order chi connectivity index (χ1) is 36.9. The predicted molar refractivity (Wildman–Crippen MR) is 297 cm³/mol. The molecule has 78 heavy (non-hydrogen) atoms. The van der Waals surface area contributed by atoms with Crippen molar-refractivity contribution in [2.45, 2.75) is 204 Å². The maximum atomic E-state index is 15.4. The van der Waals surface area contributed by atoms with E-state index < -0.39 is 119 Å². The number of nitrogens with zero attached hydrogens (tertiary/aromatic N) is 2. The summed E-state index contributed by atoms with van der Waals surface area (Å²) in [7, 11) is 4.66. The van der Waals surface area contributed by atoms with Gasteiger partial charge in [-0.3, -0.25) is 19.4 Å². The average molecular weight is 1150 g/mol. The standard InChI is InChI=1S/C58H84Cl2N2O15S/c1-14-45-58(10)47(50(54(67)77-58)78-24-23-62(30-39-40(59)28-61-29-41(39)60)37-20-22-43(68-11)44(25-37)73-38-17-15-16-18-38)33(4)48(64)31(2)26-57(9,70-13)52(76-55-42(63)21-19-32(3)71-55)34(5)49(35(6)53(66)74-45)75-46-27-56(8,69-12)51(65)36(7)72-46/h19-22,25,28-29,31-36,38,42,45-47,49-52,55,63,65H,14-18,23-24,26-27,30H2,1-13H3/t31-,32-,33-,34+,35-,36+,42-,45-,46+,47+,49+,50+,51+,52-,55+,56-,57-,58-/m1/s1. The Balaban J connectivity index is 1.25. The molecule has 1 aromatic carbocycles. The number of cyclic esters (lactones) is 1. The zero-order valence-electron chi connectivity index (χ0n) is 47.6. The second kappa shape index (κ2) is 26.3. The number of ether oxygens (including phenoxy) is 10. The van der Waals surface area contributed by atoms with Gasteiger partial charge in [-0.15, -0.1) is 11.8 Å². The van der Waals surface area contributed by atoms with E-state index in [1.165, 1.54) is 26.0 Å². The number of aliphatic hydroxyl groups is 2. The molecule has 5 heterocycles. The minimum absolute atomic E-state index is 0.0680. The second-order valence-corrected chi connectivity index (χ2v) is 24.8. The van der Waals surface area contributed by atoms with Crippen LogP contribution in [-0.4, -0.2) is 150 Å². The average Bonchev–Trinajstić information content (AvgIpc) is 4.03. The van der Waals surface area contributed by atoms with Crippen molar-refractivity contribution in [3.05, 3.63) is 58.4 Å². The Labute approximate surface area is 475 Å². The summed E-state index contributed by atoms with van der Waals surface area (Å²) in [6.45, 7) is 18.7. The van der Waals surface area contributed by atoms with Crippen LogP contribution in [0.15, 0.2) is 42.7 Å². The van der Waals surface area contributed by atoms with Gasteiger partial charge < -0.3 is 62.5 Å². The lowest BCUT2D eigenvalue weighted by molar-refractivity contribution is -0.310. The van der Waals surface area contributed by atoms with Crippen molar-refractivity contribution in [1.29, 1.82) is 0 Å². The van der Waals surface area contributed by atoms with Gasteiger partial charge in [0.2, 0.25) is 0 Å². The molecule has 7 rings (SSSR count). The third kappa shape index (κ3) is 13.5. The number of methoxy groups -OCH3 is 3. The highest BCUT2D eigenvalue weighted by Crippen LogP contribution is 2.50. The van der Waals surface area contributed by atoms with Crippen LogP contribution in [0.5, 0.6) is 11.5 Å². The van der Waals surface area contributed by atoms with Gasteiger partial charge in [-0.1, -0.05) is 63.0 Å². The molecule has 436 valence electrons. The highest BCUT2D eigenvalue weighted by molar-refractivity contribution is 8.00. The smallest absolute Gasteiger partial charge is 0.320 e. The van der Waals surface area contributed by atoms with E-state index in [0.717, 1.165) is 31.4 Å². The molecule has 0 bridgehead atoms. The minimum atomic E-state index is -1.47. The molecule has 1 aromatic heterocycles. The first-order valence-electron chi connectivity index (χ1n) is 27.6. The van der Waals surface area contributed by atoms with Crippen molar-refractivity contribution >= 4 is 58.4 Å². The summed E-state index contributed by atoms with van der Waals surface area (Å²) < 4.78 is 63.9. The van der Waals surface area contributed by atoms with Crippen LogP contribution in [0.1, 0.15) is 120 Å². The normalized spacial score (nSPS) is 38.1. The lowest BCUT2D eigenvalue weighted by atomic mass is 9.70. The quantitative estimate of drug-likeness (QED) is 0.112. The Hall–Kier alpha value is -3.27. The molecule has 3 saturated heterocycles. The van der Waals surface area contributed by atoms with Gasteiger partial charge in [-0.25, -0.2) is 0 Å². The van der Waals surface area contributed by atoms with Gasteiger partial charge in [0.1, 0.15) is 29.3 Å². The maximum Gasteiger partial charge on any atom is 0.320 e. The van der Waals surface area contributed by atoms with Crippen LogP contribution in [-0.2, 0) is 58.8 Å². The monoisotopic (exact) mass is 1150 g/mol. The van der Waals surface area contributed by atoms with Gasteiger partial charge in [0, 0.05) is 92.9 Å². The van der Waals surface area contributed by atoms with Gasteiger partial charge in [0.15, 0.2) is 29.7 Å². The van der Waals surface area contributed by atoms with Gasteiger partial charge in [0.25, 0.3) is 0 Å². The molecule has 17 nitrogen and oxygen atoms in total. The van der Waals surface area contributed by atoms with Gasteiger partial charge in [-0.05, 0) is 92.2 Å². The van der Waals surface area contributed by atoms with Crippen molar-refractivity contribution in [1.82, 2.24) is 4.98 Å². The summed E-state index contributed by atoms with van der Waals surface area (Å²) in [6.07, 6.45) is 2.63. The van der Waals surface area contributed by atoms with E-state index in [2.05, 4.69) is 9.88 Å². The van der Waals surface area contributed by atoms with Crippen molar-refractivity contribution < 1.29 is 72.0 Å². The van der Waals surface area contributed by atoms with Gasteiger partial charge in [0.05, 0.1) is 64.8 Å². The molecule has 5 aliphatic rings. The first-order valence-corrected chi connectivity index (χ1v) is 29.5. The van der Waals surface area contributed by atoms with E-state index in [0.29, 0.717) is 39.4 Å². The lowest BCUT2D eigenvalue weighted by Crippen LogP contribution is -2.59. The topological polar surface area (TPSA) is 200 Å². The number of aliphatic hydroxyl groups excluding tert-OH is 2. The molecule has 2 N–H and O–H groups in total. The Morgan fingerprint density at radius 3 is 2.17 bits per heavy atom. The predicted octanol–water partition coefficient (Wildman–Crippen LogP) is 9.34. The summed E-state index contributed by atoms with van der Waals surface area (Å²) in [4.78, 5) is 51.4. The minimum Gasteiger partial charge on any atom is -0.493 e. The van der Waals surface area contributed by atoms with Crippen LogP contribution in [0.3, 0.4) is 0 Å². The van der Waals surface area contributed by atoms with Crippen LogP contribution in [0, 0.1) is 29.6 Å². The van der Waals surface area contributed by atoms with E-state index in [1.807, 2.05) is 59.7 Å². The molecular weight excluding hydrogens is 1070 g/mol. The number of Topliss-reactive ketones (excluding diaryl/α,β-unsaturated/α-hetero) is 1. The summed E-state index contributed by atoms with van der Waals surface area (Å²) in [6, 6.07) is 5.78. The lowest BCUT2D eigenvalue weighted by Gasteiger charge is -2.49. The number of hydrogen-bond donors (Lipinski definition) is 2. The van der Waals surface area contributed by atoms with Crippen molar-refractivity contribution in [2.75, 3.05) is 38.5 Å². The third-order valence-corrected chi connectivity index (χ3v) is 19.2. The van der Waals surface area contributed by atoms with Crippen molar-refractivity contribution in [3.8, 4) is 11.5 Å². The SMILES string of the molecule is CC[C@H]1OC(=O)[C@H](C)[C@@H](O[C@H]2C[C@@](C)(OC)[C@@H](O)[C@H](C)O2)[C@H](C)[C@@H](O[C@@H]2O[C@H](C)C=C[C@H]2O)[C@](C)(OC)C[C@@H](C)C(=O)[C@H](C)[C@H]2[C@H](SCCN(Cc3c(Cl)cncc3Cl)c3ccc(OC)c(OC4CCCC4)c3)C(=O)O[C@@]21C. The molecule has 20 heteroatoms. The molecule has 2 aromatic rings. The number of anilines is 1. The van der Waals surface area contributed by atoms with E-state index >= 15 is 9.59 Å². The Morgan fingerprint density at radius 2 is 1.53 bits per heavy atom. The number of pyridine rings is 1. The fourth-order valence-electron chi connectivity index (χ4n) is 12.6. The molecule has 4 fully saturated rings. The zero-order chi connectivity index (χ0) is 57.0. The molecular formula is C58H84Cl2N2O15S. The molecule has 18 atom stereocenters. The van der Waals surface area contributed by atoms with Crippen LogP contribution in [0.25, 0.3) is 0 Å². The van der Waals surface area contributed by atoms with Crippen molar-refractivity contribution in [2.24, 2.45) is 29.6 Å². The number of carbonyl (C=O) groups is 3. The summed E-state index contributed by atoms with van der Waals surface area (Å²) in [5, 5.41) is 22.4. The number of fused-ring (bicyclic) bond motifs is 1. The highest BCUT2D eigenvalue weighted by atomic mass is 35.5. The Bertz CT molecular complexity index is 2400. The largest absolute Gasteiger partial charge is 0.493 e. The fourth-order valence-corrected chi connectivity index (χ4v) is 14.5. The summed E-state index contributed by atoms with van der Waals surface area (Å²) in [5.41, 5.74) is -2.36. The van der Waals surface area contributed by atoms with E-state index in [1.54, 1.807) is 59.4 Å². The number of benzene rings is 1. The fraction of sp³-hybridized carbons (Fsp3) is 0.724. The number of esters is 2. The first kappa shape index (κ1) is 62.3. The summed E-state index contributed by atoms with van der Waals surface area (Å²) >= 11 is 14.9. The van der Waals surface area contributed by atoms with Gasteiger partial charge >= 0.3 is 11.9 Å². The number of ketones is 1. The van der Waals surface area contributed by atoms with Crippen LogP contribution >= 0.6 is 35.0 Å². The van der Waals surface area contributed by atoms with E-state index in [9.17, 15) is 15.0 Å². The summed E-state index contributed by atoms with van der Waals surface area (Å²) in [5.74, 6) is -3.81. The van der Waals surface area contributed by atoms with Crippen LogP contribution < -0.4 is 14.4 Å². The highest BCUT2D eigenvalue weighted by Gasteiger charge is 2.62. The van der Waals surface area contributed by atoms with E-state index in [-0.39, 0.29) is 37.7 Å². The Kier molecular flexibility index (Phi) is 21.0. The molecule has 0 spiro atoms. The van der Waals surface area contributed by atoms with Gasteiger partial charge in [-0.2, -0.15) is 0 Å². The van der Waals surface area contributed by atoms with Crippen LogP contribution in [0.4, 0.5) is 5.69 Å². The van der Waals surface area contributed by atoms with Crippen LogP contribution in [0.2, 0.25) is 10.0 Å². The maximum absolute atomic E-state index is 15.4. The molecule has 0 unspecified atom stereocenters. The molecule has 1 saturated carbocycles. The molecule has 0 radical (unpaired) electrons. The number of rotatable bonds is 17. The molecule has 4 aliphatic heterocycles. The number of aromatic nitrogens is 1. The van der Waals surface area contributed by atoms with E-state index in [4.69, 9.17) is 70.6 Å². The third-order valence-electron chi connectivity index (χ3n) is 17.3. The molecule has 1 aliphatic carbocycles. The second-order valence-electron chi connectivity index (χ2n) is 22.8. The number of hydrogen-bond acceptors (Lipinski definition) is 18. The molecule has 0 amide bonds. The van der Waals surface area contributed by atoms with Crippen molar-refractivity contribution in [3.63, 3.8) is 0 Å². The number of halogens is 2.